The van der Waals surface area contributed by atoms with Crippen LogP contribution >= 0.6 is 0 Å². The molecule has 2 aromatic rings. The van der Waals surface area contributed by atoms with Crippen molar-refractivity contribution in [2.45, 2.75) is 83.3 Å². The smallest absolute Gasteiger partial charge is 0.255 e. The Kier molecular flexibility index (Phi) is 6.36. The maximum atomic E-state index is 12.9. The molecule has 2 N–H and O–H groups in total. The van der Waals surface area contributed by atoms with Crippen LogP contribution < -0.4 is 15.4 Å². The predicted octanol–water partition coefficient (Wildman–Crippen LogP) is 2.14. The maximum absolute atomic E-state index is 12.9. The third-order valence-corrected chi connectivity index (χ3v) is 7.06. The van der Waals surface area contributed by atoms with Crippen LogP contribution in [0.2, 0.25) is 0 Å². The van der Waals surface area contributed by atoms with Gasteiger partial charge in [0.05, 0.1) is 6.20 Å². The van der Waals surface area contributed by atoms with E-state index in [2.05, 4.69) is 28.9 Å². The zero-order chi connectivity index (χ0) is 23.7. The SMILES string of the molecule is CCn1cc(CN[C@@H]2CCCC[C@H]2Oc2ccc3c(c2)CN(C2CCC(=O)NC2=O)C3=O)cn1. The summed E-state index contributed by atoms with van der Waals surface area (Å²) in [6, 6.07) is 5.21. The van der Waals surface area contributed by atoms with Crippen molar-refractivity contribution < 1.29 is 19.1 Å². The lowest BCUT2D eigenvalue weighted by molar-refractivity contribution is -0.136. The molecule has 3 amide bonds. The van der Waals surface area contributed by atoms with Gasteiger partial charge in [-0.2, -0.15) is 5.10 Å². The maximum Gasteiger partial charge on any atom is 0.255 e. The van der Waals surface area contributed by atoms with Gasteiger partial charge in [-0.3, -0.25) is 24.4 Å². The number of carbonyl (C=O) groups is 3. The van der Waals surface area contributed by atoms with Crippen molar-refractivity contribution in [3.05, 3.63) is 47.3 Å². The molecule has 0 radical (unpaired) electrons. The van der Waals surface area contributed by atoms with Crippen LogP contribution in [0.3, 0.4) is 0 Å². The van der Waals surface area contributed by atoms with E-state index in [0.29, 0.717) is 18.5 Å². The standard InChI is InChI=1S/C25H31N5O4/c1-2-29-14-16(13-27-29)12-26-20-5-3-4-6-22(20)34-18-7-8-19-17(11-18)15-30(25(19)33)21-9-10-23(31)28-24(21)32/h7-8,11,13-14,20-22,26H,2-6,9-10,12,15H2,1H3,(H,28,31,32)/t20-,21?,22-/m1/s1. The molecule has 1 aliphatic carbocycles. The number of imide groups is 1. The second kappa shape index (κ2) is 9.58. The second-order valence-electron chi connectivity index (χ2n) is 9.35. The van der Waals surface area contributed by atoms with E-state index in [9.17, 15) is 14.4 Å². The molecule has 1 unspecified atom stereocenters. The zero-order valence-corrected chi connectivity index (χ0v) is 19.5. The van der Waals surface area contributed by atoms with E-state index in [-0.39, 0.29) is 30.4 Å². The van der Waals surface area contributed by atoms with E-state index in [1.54, 1.807) is 11.0 Å². The molecule has 1 saturated carbocycles. The van der Waals surface area contributed by atoms with Gasteiger partial charge in [0.2, 0.25) is 11.8 Å². The monoisotopic (exact) mass is 465 g/mol. The van der Waals surface area contributed by atoms with Gasteiger partial charge in [-0.1, -0.05) is 6.42 Å². The molecule has 2 aliphatic heterocycles. The normalized spacial score (nSPS) is 24.8. The molecule has 1 aromatic carbocycles. The third kappa shape index (κ3) is 4.57. The molecule has 34 heavy (non-hydrogen) atoms. The topological polar surface area (TPSA) is 106 Å². The first-order valence-electron chi connectivity index (χ1n) is 12.2. The molecular weight excluding hydrogens is 434 g/mol. The lowest BCUT2D eigenvalue weighted by Gasteiger charge is -2.32. The van der Waals surface area contributed by atoms with Crippen LogP contribution in [0, 0.1) is 0 Å². The Labute approximate surface area is 198 Å². The van der Waals surface area contributed by atoms with Gasteiger partial charge in [0.1, 0.15) is 17.9 Å². The van der Waals surface area contributed by atoms with Crippen LogP contribution in [0.5, 0.6) is 5.75 Å². The minimum atomic E-state index is -0.606. The summed E-state index contributed by atoms with van der Waals surface area (Å²) in [5, 5.41) is 10.3. The van der Waals surface area contributed by atoms with Gasteiger partial charge in [-0.25, -0.2) is 0 Å². The van der Waals surface area contributed by atoms with Gasteiger partial charge in [-0.15, -0.1) is 0 Å². The Bertz CT molecular complexity index is 1100. The molecule has 9 nitrogen and oxygen atoms in total. The summed E-state index contributed by atoms with van der Waals surface area (Å²) in [5.41, 5.74) is 2.62. The van der Waals surface area contributed by atoms with Crippen molar-refractivity contribution >= 4 is 17.7 Å². The number of piperidine rings is 1. The Balaban J connectivity index is 1.24. The first-order chi connectivity index (χ1) is 16.5. The third-order valence-electron chi connectivity index (χ3n) is 7.06. The Morgan fingerprint density at radius 2 is 2.03 bits per heavy atom. The van der Waals surface area contributed by atoms with Crippen molar-refractivity contribution in [1.29, 1.82) is 0 Å². The summed E-state index contributed by atoms with van der Waals surface area (Å²) in [5.74, 6) is -0.0968. The minimum Gasteiger partial charge on any atom is -0.489 e. The van der Waals surface area contributed by atoms with Crippen LogP contribution in [0.4, 0.5) is 0 Å². The Hall–Kier alpha value is -3.20. The average Bonchev–Trinajstić information content (AvgIpc) is 3.43. The van der Waals surface area contributed by atoms with E-state index in [0.717, 1.165) is 49.2 Å². The molecule has 5 rings (SSSR count). The minimum absolute atomic E-state index is 0.0522. The molecule has 3 atom stereocenters. The lowest BCUT2D eigenvalue weighted by atomic mass is 9.92. The van der Waals surface area contributed by atoms with E-state index < -0.39 is 11.9 Å². The quantitative estimate of drug-likeness (QED) is 0.607. The van der Waals surface area contributed by atoms with Gasteiger partial charge >= 0.3 is 0 Å². The van der Waals surface area contributed by atoms with Gasteiger partial charge in [-0.05, 0) is 56.4 Å². The van der Waals surface area contributed by atoms with E-state index in [4.69, 9.17) is 4.74 Å². The van der Waals surface area contributed by atoms with Crippen molar-refractivity contribution in [2.24, 2.45) is 0 Å². The van der Waals surface area contributed by atoms with Gasteiger partial charge < -0.3 is 15.0 Å². The van der Waals surface area contributed by atoms with Crippen LogP contribution in [-0.4, -0.2) is 50.6 Å². The Morgan fingerprint density at radius 1 is 1.18 bits per heavy atom. The molecule has 3 aliphatic rings. The largest absolute Gasteiger partial charge is 0.489 e. The summed E-state index contributed by atoms with van der Waals surface area (Å²) in [6.45, 7) is 4.04. The number of aryl methyl sites for hydroxylation is 1. The number of aromatic nitrogens is 2. The molecule has 0 spiro atoms. The molecule has 180 valence electrons. The average molecular weight is 466 g/mol. The van der Waals surface area contributed by atoms with Crippen LogP contribution in [0.15, 0.2) is 30.6 Å². The van der Waals surface area contributed by atoms with Crippen molar-refractivity contribution in [3.8, 4) is 5.75 Å². The number of benzene rings is 1. The van der Waals surface area contributed by atoms with E-state index >= 15 is 0 Å². The zero-order valence-electron chi connectivity index (χ0n) is 19.5. The van der Waals surface area contributed by atoms with Gasteiger partial charge in [0, 0.05) is 49.4 Å². The number of hydrogen-bond donors (Lipinski definition) is 2. The van der Waals surface area contributed by atoms with Gasteiger partial charge in [0.25, 0.3) is 5.91 Å². The summed E-state index contributed by atoms with van der Waals surface area (Å²) >= 11 is 0. The molecule has 9 heteroatoms. The van der Waals surface area contributed by atoms with E-state index in [1.807, 2.05) is 23.0 Å². The molecule has 3 heterocycles. The molecule has 2 fully saturated rings. The highest BCUT2D eigenvalue weighted by Gasteiger charge is 2.39. The molecule has 1 aromatic heterocycles. The highest BCUT2D eigenvalue weighted by atomic mass is 16.5. The number of amides is 3. The van der Waals surface area contributed by atoms with Crippen molar-refractivity contribution in [2.75, 3.05) is 0 Å². The summed E-state index contributed by atoms with van der Waals surface area (Å²) in [4.78, 5) is 38.2. The molecular formula is C25H31N5O4. The number of fused-ring (bicyclic) bond motifs is 1. The number of ether oxygens (including phenoxy) is 1. The molecule has 1 saturated heterocycles. The number of carbonyl (C=O) groups excluding carboxylic acids is 3. The second-order valence-corrected chi connectivity index (χ2v) is 9.35. The molecule has 0 bridgehead atoms. The first kappa shape index (κ1) is 22.6. The highest BCUT2D eigenvalue weighted by molar-refractivity contribution is 6.05. The fourth-order valence-electron chi connectivity index (χ4n) is 5.19. The number of nitrogens with zero attached hydrogens (tertiary/aromatic N) is 3. The van der Waals surface area contributed by atoms with Crippen LogP contribution in [0.25, 0.3) is 0 Å². The van der Waals surface area contributed by atoms with Crippen molar-refractivity contribution in [3.63, 3.8) is 0 Å². The summed E-state index contributed by atoms with van der Waals surface area (Å²) < 4.78 is 8.35. The summed E-state index contributed by atoms with van der Waals surface area (Å²) in [7, 11) is 0. The number of rotatable bonds is 7. The predicted molar refractivity (Wildman–Crippen MR) is 124 cm³/mol. The van der Waals surface area contributed by atoms with Crippen LogP contribution in [-0.2, 0) is 29.2 Å². The lowest BCUT2D eigenvalue weighted by Crippen LogP contribution is -2.52. The fraction of sp³-hybridized carbons (Fsp3) is 0.520. The Morgan fingerprint density at radius 3 is 2.82 bits per heavy atom. The van der Waals surface area contributed by atoms with E-state index in [1.165, 1.54) is 6.42 Å². The van der Waals surface area contributed by atoms with Crippen LogP contribution in [0.1, 0.15) is 66.9 Å². The summed E-state index contributed by atoms with van der Waals surface area (Å²) in [6.07, 6.45) is 8.97. The fourth-order valence-corrected chi connectivity index (χ4v) is 5.19. The highest BCUT2D eigenvalue weighted by Crippen LogP contribution is 2.32. The number of hydrogen-bond acceptors (Lipinski definition) is 6. The van der Waals surface area contributed by atoms with Crippen molar-refractivity contribution in [1.82, 2.24) is 25.3 Å². The first-order valence-corrected chi connectivity index (χ1v) is 12.2. The van der Waals surface area contributed by atoms with Gasteiger partial charge in [0.15, 0.2) is 0 Å². The number of nitrogens with one attached hydrogen (secondary N) is 2.